The number of imide groups is 1. The van der Waals surface area contributed by atoms with Crippen molar-refractivity contribution in [1.82, 2.24) is 4.90 Å². The molecule has 3 aliphatic carbocycles. The Balaban J connectivity index is 1.86. The molecule has 2 bridgehead atoms. The summed E-state index contributed by atoms with van der Waals surface area (Å²) in [6.45, 7) is -0.622. The number of likely N-dealkylation sites (tertiary alicyclic amines) is 1. The molecule has 1 aliphatic heterocycles. The molecule has 1 fully saturated rings. The highest BCUT2D eigenvalue weighted by molar-refractivity contribution is 9.10. The van der Waals surface area contributed by atoms with E-state index < -0.39 is 44.8 Å². The Bertz CT molecular complexity index is 928. The maximum absolute atomic E-state index is 13.2. The van der Waals surface area contributed by atoms with Crippen molar-refractivity contribution in [3.8, 4) is 0 Å². The lowest BCUT2D eigenvalue weighted by Crippen LogP contribution is -2.56. The fourth-order valence-electron chi connectivity index (χ4n) is 5.02. The molecule has 7 heteroatoms. The number of carbonyl (C=O) groups excluding carboxylic acids is 2. The van der Waals surface area contributed by atoms with Crippen LogP contribution in [0, 0.1) is 11.8 Å². The minimum Gasteiger partial charge on any atom is -0.480 e. The van der Waals surface area contributed by atoms with Crippen molar-refractivity contribution in [3.63, 3.8) is 0 Å². The Morgan fingerprint density at radius 2 is 1.19 bits per heavy atom. The van der Waals surface area contributed by atoms with Crippen LogP contribution in [0.3, 0.4) is 0 Å². The minimum atomic E-state index is -1.20. The number of halogens is 2. The van der Waals surface area contributed by atoms with E-state index in [0.29, 0.717) is 0 Å². The number of hydrogen-bond acceptors (Lipinski definition) is 3. The first kappa shape index (κ1) is 17.1. The summed E-state index contributed by atoms with van der Waals surface area (Å²) in [5.41, 5.74) is 3.72. The fourth-order valence-corrected chi connectivity index (χ4v) is 7.32. The number of carbonyl (C=O) groups is 3. The van der Waals surface area contributed by atoms with Gasteiger partial charge in [0.25, 0.3) is 0 Å². The van der Waals surface area contributed by atoms with Crippen molar-refractivity contribution in [2.75, 3.05) is 6.54 Å². The van der Waals surface area contributed by atoms with E-state index in [1.165, 1.54) is 0 Å². The minimum absolute atomic E-state index is 0.447. The van der Waals surface area contributed by atoms with Crippen molar-refractivity contribution in [3.05, 3.63) is 70.8 Å². The number of benzene rings is 2. The van der Waals surface area contributed by atoms with Gasteiger partial charge in [-0.15, -0.1) is 0 Å². The maximum Gasteiger partial charge on any atom is 0.323 e. The van der Waals surface area contributed by atoms with Crippen LogP contribution in [0.1, 0.15) is 22.3 Å². The Hall–Kier alpha value is -1.99. The summed E-state index contributed by atoms with van der Waals surface area (Å²) in [6.07, 6.45) is 0. The van der Waals surface area contributed by atoms with E-state index in [-0.39, 0.29) is 0 Å². The zero-order chi connectivity index (χ0) is 19.1. The van der Waals surface area contributed by atoms with Gasteiger partial charge in [-0.25, -0.2) is 0 Å². The molecular formula is C20H13Br2NO4. The monoisotopic (exact) mass is 489 g/mol. The maximum atomic E-state index is 13.2. The number of amides is 2. The lowest BCUT2D eigenvalue weighted by molar-refractivity contribution is -0.149. The summed E-state index contributed by atoms with van der Waals surface area (Å²) in [6, 6.07) is 15.5. The molecule has 4 aliphatic rings. The van der Waals surface area contributed by atoms with E-state index in [1.807, 2.05) is 48.5 Å². The number of hydrogen-bond donors (Lipinski definition) is 1. The van der Waals surface area contributed by atoms with Crippen molar-refractivity contribution in [2.24, 2.45) is 11.8 Å². The molecule has 2 amide bonds. The second-order valence-corrected chi connectivity index (χ2v) is 9.63. The van der Waals surface area contributed by atoms with E-state index in [4.69, 9.17) is 0 Å². The molecule has 1 N–H and O–H groups in total. The zero-order valence-corrected chi connectivity index (χ0v) is 17.0. The number of nitrogens with zero attached hydrogens (tertiary/aromatic N) is 1. The van der Waals surface area contributed by atoms with Crippen LogP contribution in [0.2, 0.25) is 0 Å². The Kier molecular flexibility index (Phi) is 3.36. The van der Waals surface area contributed by atoms with Gasteiger partial charge < -0.3 is 5.11 Å². The van der Waals surface area contributed by atoms with Gasteiger partial charge in [-0.3, -0.25) is 19.3 Å². The molecule has 2 aromatic rings. The summed E-state index contributed by atoms with van der Waals surface area (Å²) in [4.78, 5) is 38.6. The second kappa shape index (κ2) is 5.29. The first-order valence-electron chi connectivity index (χ1n) is 8.47. The van der Waals surface area contributed by atoms with E-state index in [2.05, 4.69) is 31.9 Å². The molecule has 0 aromatic heterocycles. The average Bonchev–Trinajstić information content (AvgIpc) is 2.91. The van der Waals surface area contributed by atoms with Crippen LogP contribution in [-0.4, -0.2) is 34.3 Å². The number of alkyl halides is 2. The van der Waals surface area contributed by atoms with Crippen molar-refractivity contribution >= 4 is 49.6 Å². The lowest BCUT2D eigenvalue weighted by Gasteiger charge is -2.55. The van der Waals surface area contributed by atoms with Gasteiger partial charge >= 0.3 is 5.97 Å². The first-order valence-corrected chi connectivity index (χ1v) is 10.1. The fraction of sp³-hybridized carbons (Fsp3) is 0.250. The van der Waals surface area contributed by atoms with Gasteiger partial charge in [-0.05, 0) is 22.3 Å². The standard InChI is InChI=1S/C20H13Br2NO4/c21-19-10-5-1-2-6-11(10)20(22,13-8-4-3-7-12(13)19)16-15(19)17(26)23(18(16)27)9-14(24)25/h1-8,15-16H,9H2,(H,24,25). The van der Waals surface area contributed by atoms with Crippen LogP contribution < -0.4 is 0 Å². The smallest absolute Gasteiger partial charge is 0.323 e. The lowest BCUT2D eigenvalue weighted by atomic mass is 9.54. The van der Waals surface area contributed by atoms with Gasteiger partial charge in [0.2, 0.25) is 11.8 Å². The van der Waals surface area contributed by atoms with Crippen LogP contribution in [0.15, 0.2) is 48.5 Å². The third-order valence-electron chi connectivity index (χ3n) is 5.97. The number of carboxylic acids is 1. The highest BCUT2D eigenvalue weighted by Crippen LogP contribution is 2.70. The predicted molar refractivity (Wildman–Crippen MR) is 104 cm³/mol. The quantitative estimate of drug-likeness (QED) is 0.518. The van der Waals surface area contributed by atoms with Gasteiger partial charge in [-0.1, -0.05) is 80.4 Å². The predicted octanol–water partition coefficient (Wildman–Crippen LogP) is 2.98. The number of rotatable bonds is 2. The molecular weight excluding hydrogens is 478 g/mol. The van der Waals surface area contributed by atoms with Crippen LogP contribution in [0.25, 0.3) is 0 Å². The molecule has 27 heavy (non-hydrogen) atoms. The summed E-state index contributed by atoms with van der Waals surface area (Å²) in [7, 11) is 0. The third-order valence-corrected chi connectivity index (χ3v) is 8.67. The summed E-state index contributed by atoms with van der Waals surface area (Å²) < 4.78 is -1.75. The molecule has 136 valence electrons. The van der Waals surface area contributed by atoms with E-state index in [0.717, 1.165) is 27.2 Å². The average molecular weight is 491 g/mol. The molecule has 1 saturated heterocycles. The van der Waals surface area contributed by atoms with Gasteiger partial charge in [0.15, 0.2) is 0 Å². The molecule has 1 heterocycles. The van der Waals surface area contributed by atoms with Crippen LogP contribution in [-0.2, 0) is 23.0 Å². The van der Waals surface area contributed by atoms with Crippen molar-refractivity contribution in [2.45, 2.75) is 8.65 Å². The van der Waals surface area contributed by atoms with Gasteiger partial charge in [-0.2, -0.15) is 0 Å². The number of aliphatic carboxylic acids is 1. The summed E-state index contributed by atoms with van der Waals surface area (Å²) >= 11 is 7.71. The topological polar surface area (TPSA) is 74.7 Å². The van der Waals surface area contributed by atoms with E-state index >= 15 is 0 Å². The third kappa shape index (κ3) is 1.82. The molecule has 0 saturated carbocycles. The molecule has 5 nitrogen and oxygen atoms in total. The van der Waals surface area contributed by atoms with Crippen LogP contribution >= 0.6 is 31.9 Å². The summed E-state index contributed by atoms with van der Waals surface area (Å²) in [5, 5.41) is 9.20. The highest BCUT2D eigenvalue weighted by atomic mass is 79.9. The van der Waals surface area contributed by atoms with Crippen molar-refractivity contribution in [1.29, 1.82) is 0 Å². The molecule has 0 radical (unpaired) electrons. The van der Waals surface area contributed by atoms with Gasteiger partial charge in [0, 0.05) is 0 Å². The first-order chi connectivity index (χ1) is 12.8. The normalized spacial score (nSPS) is 32.9. The molecule has 0 spiro atoms. The van der Waals surface area contributed by atoms with Crippen LogP contribution in [0.4, 0.5) is 0 Å². The molecule has 6 rings (SSSR count). The molecule has 2 aromatic carbocycles. The largest absolute Gasteiger partial charge is 0.480 e. The van der Waals surface area contributed by atoms with Gasteiger partial charge in [0.1, 0.15) is 6.54 Å². The van der Waals surface area contributed by atoms with Crippen LogP contribution in [0.5, 0.6) is 0 Å². The Morgan fingerprint density at radius 1 is 0.852 bits per heavy atom. The van der Waals surface area contributed by atoms with Gasteiger partial charge in [0.05, 0.1) is 20.5 Å². The molecule has 2 atom stereocenters. The van der Waals surface area contributed by atoms with E-state index in [9.17, 15) is 19.5 Å². The van der Waals surface area contributed by atoms with Crippen molar-refractivity contribution < 1.29 is 19.5 Å². The second-order valence-electron chi connectivity index (χ2n) is 7.13. The summed E-state index contributed by atoms with van der Waals surface area (Å²) in [5.74, 6) is -3.53. The molecule has 2 unspecified atom stereocenters. The Morgan fingerprint density at radius 3 is 1.48 bits per heavy atom. The van der Waals surface area contributed by atoms with E-state index in [1.54, 1.807) is 0 Å². The highest BCUT2D eigenvalue weighted by Gasteiger charge is 2.72. The Labute approximate surface area is 171 Å². The zero-order valence-electron chi connectivity index (χ0n) is 13.9. The SMILES string of the molecule is O=C(O)CN1C(=O)C2C(C1=O)C1(Br)c3ccccc3C2(Br)c2ccccc21. The number of carboxylic acid groups (broad SMARTS) is 1.